The van der Waals surface area contributed by atoms with Crippen LogP contribution in [0.3, 0.4) is 0 Å². The molecule has 0 bridgehead atoms. The summed E-state index contributed by atoms with van der Waals surface area (Å²) < 4.78 is 7.04. The lowest BCUT2D eigenvalue weighted by Crippen LogP contribution is -2.07. The molecule has 1 atom stereocenters. The number of hydrogen-bond donors (Lipinski definition) is 1. The molecular weight excluding hydrogens is 252 g/mol. The van der Waals surface area contributed by atoms with Crippen LogP contribution in [0.15, 0.2) is 24.4 Å². The summed E-state index contributed by atoms with van der Waals surface area (Å²) in [5, 5.41) is 14.9. The number of aromatic nitrogens is 2. The molecule has 5 heteroatoms. The minimum absolute atomic E-state index is 0.474. The van der Waals surface area contributed by atoms with E-state index in [1.54, 1.807) is 11.7 Å². The molecule has 1 N–H and O–H groups in total. The molecule has 1 aromatic carbocycles. The van der Waals surface area contributed by atoms with Gasteiger partial charge in [0.05, 0.1) is 23.5 Å². The quantitative estimate of drug-likeness (QED) is 0.904. The minimum Gasteiger partial charge on any atom is -0.493 e. The highest BCUT2D eigenvalue weighted by Gasteiger charge is 2.21. The summed E-state index contributed by atoms with van der Waals surface area (Å²) in [5.41, 5.74) is 2.55. The third-order valence-electron chi connectivity index (χ3n) is 3.23. The zero-order valence-corrected chi connectivity index (χ0v) is 10.7. The summed E-state index contributed by atoms with van der Waals surface area (Å²) in [6, 6.07) is 5.72. The standard InChI is InChI=1S/C13H13ClN2O2/c1-16-12(10(14)7-15-16)13(17)9-2-3-11-8(6-9)4-5-18-11/h2-3,6-7,13,17H,4-5H2,1H3. The zero-order valence-electron chi connectivity index (χ0n) is 9.93. The van der Waals surface area contributed by atoms with Crippen molar-refractivity contribution in [3.05, 3.63) is 46.2 Å². The highest BCUT2D eigenvalue weighted by Crippen LogP contribution is 2.32. The highest BCUT2D eigenvalue weighted by atomic mass is 35.5. The Morgan fingerprint density at radius 3 is 3.06 bits per heavy atom. The average molecular weight is 265 g/mol. The molecular formula is C13H13ClN2O2. The van der Waals surface area contributed by atoms with Crippen LogP contribution in [0.5, 0.6) is 5.75 Å². The number of aliphatic hydroxyl groups is 1. The first-order valence-corrected chi connectivity index (χ1v) is 6.15. The average Bonchev–Trinajstić information content (AvgIpc) is 2.94. The van der Waals surface area contributed by atoms with Gasteiger partial charge in [0.1, 0.15) is 11.9 Å². The van der Waals surface area contributed by atoms with E-state index in [1.165, 1.54) is 6.20 Å². The molecule has 2 heterocycles. The third-order valence-corrected chi connectivity index (χ3v) is 3.52. The van der Waals surface area contributed by atoms with Gasteiger partial charge in [0.25, 0.3) is 0 Å². The van der Waals surface area contributed by atoms with Gasteiger partial charge in [-0.05, 0) is 23.3 Å². The van der Waals surface area contributed by atoms with Crippen LogP contribution in [0.1, 0.15) is 22.9 Å². The monoisotopic (exact) mass is 264 g/mol. The molecule has 4 nitrogen and oxygen atoms in total. The van der Waals surface area contributed by atoms with Crippen LogP contribution in [0, 0.1) is 0 Å². The number of ether oxygens (including phenoxy) is 1. The molecule has 1 aromatic heterocycles. The van der Waals surface area contributed by atoms with Crippen molar-refractivity contribution in [1.82, 2.24) is 9.78 Å². The van der Waals surface area contributed by atoms with Gasteiger partial charge < -0.3 is 9.84 Å². The zero-order chi connectivity index (χ0) is 12.7. The summed E-state index contributed by atoms with van der Waals surface area (Å²) in [4.78, 5) is 0. The van der Waals surface area contributed by atoms with Crippen molar-refractivity contribution < 1.29 is 9.84 Å². The second-order valence-electron chi connectivity index (χ2n) is 4.37. The fourth-order valence-electron chi connectivity index (χ4n) is 2.26. The maximum atomic E-state index is 10.4. The molecule has 0 aliphatic carbocycles. The van der Waals surface area contributed by atoms with Crippen molar-refractivity contribution in [2.24, 2.45) is 7.05 Å². The molecule has 94 valence electrons. The van der Waals surface area contributed by atoms with Crippen molar-refractivity contribution in [3.63, 3.8) is 0 Å². The molecule has 0 saturated heterocycles. The van der Waals surface area contributed by atoms with Crippen LogP contribution in [0.25, 0.3) is 0 Å². The molecule has 0 radical (unpaired) electrons. The van der Waals surface area contributed by atoms with E-state index in [0.29, 0.717) is 17.3 Å². The Labute approximate surface area is 110 Å². The lowest BCUT2D eigenvalue weighted by atomic mass is 10.0. The third kappa shape index (κ3) is 1.78. The largest absolute Gasteiger partial charge is 0.493 e. The summed E-state index contributed by atoms with van der Waals surface area (Å²) in [5.74, 6) is 0.905. The summed E-state index contributed by atoms with van der Waals surface area (Å²) in [6.07, 6.45) is 1.65. The van der Waals surface area contributed by atoms with Gasteiger partial charge in [-0.1, -0.05) is 17.7 Å². The number of hydrogen-bond acceptors (Lipinski definition) is 3. The van der Waals surface area contributed by atoms with Crippen molar-refractivity contribution in [2.45, 2.75) is 12.5 Å². The van der Waals surface area contributed by atoms with Gasteiger partial charge in [0.2, 0.25) is 0 Å². The number of aryl methyl sites for hydroxylation is 1. The van der Waals surface area contributed by atoms with Gasteiger partial charge in [-0.15, -0.1) is 0 Å². The number of nitrogens with zero attached hydrogens (tertiary/aromatic N) is 2. The van der Waals surface area contributed by atoms with Crippen LogP contribution in [0.4, 0.5) is 0 Å². The number of benzene rings is 1. The fourth-order valence-corrected chi connectivity index (χ4v) is 2.53. The van der Waals surface area contributed by atoms with E-state index >= 15 is 0 Å². The molecule has 0 amide bonds. The summed E-state index contributed by atoms with van der Waals surface area (Å²) in [7, 11) is 1.76. The van der Waals surface area contributed by atoms with Gasteiger partial charge >= 0.3 is 0 Å². The maximum absolute atomic E-state index is 10.4. The maximum Gasteiger partial charge on any atom is 0.122 e. The molecule has 0 fully saturated rings. The smallest absolute Gasteiger partial charge is 0.122 e. The number of fused-ring (bicyclic) bond motifs is 1. The van der Waals surface area contributed by atoms with E-state index < -0.39 is 6.10 Å². The molecule has 0 saturated carbocycles. The molecule has 18 heavy (non-hydrogen) atoms. The van der Waals surface area contributed by atoms with Crippen LogP contribution in [-0.2, 0) is 13.5 Å². The molecule has 1 aliphatic rings. The lowest BCUT2D eigenvalue weighted by Gasteiger charge is -2.13. The first-order valence-electron chi connectivity index (χ1n) is 5.78. The Morgan fingerprint density at radius 2 is 2.33 bits per heavy atom. The van der Waals surface area contributed by atoms with E-state index in [4.69, 9.17) is 16.3 Å². The van der Waals surface area contributed by atoms with Crippen LogP contribution in [0.2, 0.25) is 5.02 Å². The lowest BCUT2D eigenvalue weighted by molar-refractivity contribution is 0.210. The number of rotatable bonds is 2. The first-order chi connectivity index (χ1) is 8.66. The predicted octanol–water partition coefficient (Wildman–Crippen LogP) is 2.09. The highest BCUT2D eigenvalue weighted by molar-refractivity contribution is 6.31. The Bertz CT molecular complexity index is 575. The second-order valence-corrected chi connectivity index (χ2v) is 4.78. The first kappa shape index (κ1) is 11.6. The van der Waals surface area contributed by atoms with Crippen molar-refractivity contribution >= 4 is 11.6 Å². The van der Waals surface area contributed by atoms with Crippen LogP contribution >= 0.6 is 11.6 Å². The van der Waals surface area contributed by atoms with Crippen molar-refractivity contribution in [1.29, 1.82) is 0 Å². The number of halogens is 1. The number of aliphatic hydroxyl groups excluding tert-OH is 1. The Kier molecular flexibility index (Phi) is 2.76. The molecule has 1 aliphatic heterocycles. The Balaban J connectivity index is 2.00. The topological polar surface area (TPSA) is 47.3 Å². The predicted molar refractivity (Wildman–Crippen MR) is 67.9 cm³/mol. The van der Waals surface area contributed by atoms with Gasteiger partial charge in [-0.2, -0.15) is 5.10 Å². The van der Waals surface area contributed by atoms with Crippen molar-refractivity contribution in [3.8, 4) is 5.75 Å². The van der Waals surface area contributed by atoms with E-state index in [0.717, 1.165) is 23.3 Å². The normalized spacial score (nSPS) is 15.3. The summed E-state index contributed by atoms with van der Waals surface area (Å²) >= 11 is 6.04. The minimum atomic E-state index is -0.768. The van der Waals surface area contributed by atoms with Crippen LogP contribution < -0.4 is 4.74 Å². The molecule has 3 rings (SSSR count). The van der Waals surface area contributed by atoms with Gasteiger partial charge in [-0.25, -0.2) is 0 Å². The van der Waals surface area contributed by atoms with E-state index in [9.17, 15) is 5.11 Å². The molecule has 1 unspecified atom stereocenters. The molecule has 0 spiro atoms. The van der Waals surface area contributed by atoms with Gasteiger partial charge in [0.15, 0.2) is 0 Å². The van der Waals surface area contributed by atoms with Gasteiger partial charge in [-0.3, -0.25) is 4.68 Å². The van der Waals surface area contributed by atoms with Crippen molar-refractivity contribution in [2.75, 3.05) is 6.61 Å². The van der Waals surface area contributed by atoms with E-state index in [2.05, 4.69) is 5.10 Å². The SMILES string of the molecule is Cn1ncc(Cl)c1C(O)c1ccc2c(c1)CCO2. The Hall–Kier alpha value is -1.52. The van der Waals surface area contributed by atoms with E-state index in [1.807, 2.05) is 18.2 Å². The fraction of sp³-hybridized carbons (Fsp3) is 0.308. The Morgan fingerprint density at radius 1 is 1.50 bits per heavy atom. The second kappa shape index (κ2) is 4.30. The summed E-state index contributed by atoms with van der Waals surface area (Å²) in [6.45, 7) is 0.710. The molecule has 2 aromatic rings. The van der Waals surface area contributed by atoms with Gasteiger partial charge in [0, 0.05) is 13.5 Å². The van der Waals surface area contributed by atoms with Crippen LogP contribution in [-0.4, -0.2) is 21.5 Å². The van der Waals surface area contributed by atoms with E-state index in [-0.39, 0.29) is 0 Å².